The van der Waals surface area contributed by atoms with Gasteiger partial charge in [0.1, 0.15) is 48.3 Å². The fraction of sp³-hybridized carbons (Fsp3) is 0.500. The average molecular weight is 1170 g/mol. The third-order valence-electron chi connectivity index (χ3n) is 13.3. The van der Waals surface area contributed by atoms with Gasteiger partial charge in [-0.05, 0) is 67.6 Å². The summed E-state index contributed by atoms with van der Waals surface area (Å²) in [7, 11) is 0. The number of hydrogen-bond donors (Lipinski definition) is 15. The Bertz CT molecular complexity index is 2860. The van der Waals surface area contributed by atoms with E-state index in [9.17, 15) is 52.7 Å². The van der Waals surface area contributed by atoms with E-state index in [-0.39, 0.29) is 62.5 Å². The minimum atomic E-state index is -1.37. The molecule has 0 spiro atoms. The first-order valence-corrected chi connectivity index (χ1v) is 28.1. The van der Waals surface area contributed by atoms with Crippen LogP contribution in [0.15, 0.2) is 73.3 Å². The number of thiol groups is 1. The number of imidazole rings is 1. The molecule has 0 aliphatic carbocycles. The molecule has 83 heavy (non-hydrogen) atoms. The summed E-state index contributed by atoms with van der Waals surface area (Å²) in [5.41, 5.74) is 19.7. The Morgan fingerprint density at radius 3 is 1.73 bits per heavy atom. The zero-order valence-electron chi connectivity index (χ0n) is 47.8. The van der Waals surface area contributed by atoms with Crippen LogP contribution in [-0.4, -0.2) is 147 Å². The van der Waals surface area contributed by atoms with Gasteiger partial charge in [-0.2, -0.15) is 12.6 Å². The highest BCUT2D eigenvalue weighted by Crippen LogP contribution is 2.20. The van der Waals surface area contributed by atoms with Crippen LogP contribution in [-0.2, 0) is 72.0 Å². The van der Waals surface area contributed by atoms with Crippen LogP contribution in [0.4, 0.5) is 0 Å². The van der Waals surface area contributed by atoms with Gasteiger partial charge in [0.05, 0.1) is 18.9 Å². The van der Waals surface area contributed by atoms with Crippen LogP contribution in [0.25, 0.3) is 10.9 Å². The number of nitrogens with one attached hydrogen (secondary N) is 11. The number of aromatic amines is 2. The number of para-hydroxylation sites is 1. The number of amides is 11. The lowest BCUT2D eigenvalue weighted by atomic mass is 10.0. The average Bonchev–Trinajstić information content (AvgIpc) is 4.29. The molecule has 0 aliphatic heterocycles. The molecule has 26 nitrogen and oxygen atoms in total. The fourth-order valence-corrected chi connectivity index (χ4v) is 9.03. The zero-order valence-corrected chi connectivity index (χ0v) is 48.7. The first-order chi connectivity index (χ1) is 39.3. The summed E-state index contributed by atoms with van der Waals surface area (Å²) < 4.78 is 0. The summed E-state index contributed by atoms with van der Waals surface area (Å²) in [6.07, 6.45) is 4.20. The van der Waals surface area contributed by atoms with Gasteiger partial charge in [0.2, 0.25) is 65.0 Å². The smallest absolute Gasteiger partial charge is 0.244 e. The maximum absolute atomic E-state index is 14.2. The van der Waals surface area contributed by atoms with E-state index in [1.807, 2.05) is 52.0 Å². The molecule has 27 heteroatoms. The first-order valence-electron chi connectivity index (χ1n) is 27.5. The van der Waals surface area contributed by atoms with E-state index in [2.05, 4.69) is 75.4 Å². The molecule has 0 bridgehead atoms. The minimum absolute atomic E-state index is 0.0106. The lowest BCUT2D eigenvalue weighted by Crippen LogP contribution is -2.60. The number of aromatic nitrogens is 3. The molecule has 4 rings (SSSR count). The van der Waals surface area contributed by atoms with Gasteiger partial charge in [-0.1, -0.05) is 90.1 Å². The molecule has 0 aliphatic rings. The van der Waals surface area contributed by atoms with Crippen molar-refractivity contribution in [1.82, 2.24) is 62.8 Å². The van der Waals surface area contributed by atoms with E-state index in [0.29, 0.717) is 11.3 Å². The van der Waals surface area contributed by atoms with Gasteiger partial charge < -0.3 is 75.0 Å². The molecular weight excluding hydrogens is 1090 g/mol. The molecule has 0 saturated heterocycles. The van der Waals surface area contributed by atoms with E-state index in [1.54, 1.807) is 50.4 Å². The molecule has 2 aromatic carbocycles. The summed E-state index contributed by atoms with van der Waals surface area (Å²) in [4.78, 5) is 158. The lowest BCUT2D eigenvalue weighted by molar-refractivity contribution is -0.135. The third-order valence-corrected chi connectivity index (χ3v) is 13.6. The summed E-state index contributed by atoms with van der Waals surface area (Å²) in [5.74, 6) is -9.40. The van der Waals surface area contributed by atoms with Crippen LogP contribution in [0.1, 0.15) is 91.0 Å². The number of hydrogen-bond acceptors (Lipinski definition) is 14. The summed E-state index contributed by atoms with van der Waals surface area (Å²) in [6.45, 7) is 11.3. The van der Waals surface area contributed by atoms with Crippen molar-refractivity contribution in [2.24, 2.45) is 35.0 Å². The minimum Gasteiger partial charge on any atom is -0.370 e. The van der Waals surface area contributed by atoms with Crippen LogP contribution < -0.4 is 65.1 Å². The predicted octanol–water partition coefficient (Wildman–Crippen LogP) is -1.31. The molecule has 0 unspecified atom stereocenters. The van der Waals surface area contributed by atoms with E-state index < -0.39 is 132 Å². The van der Waals surface area contributed by atoms with Gasteiger partial charge >= 0.3 is 0 Å². The molecule has 0 radical (unpaired) electrons. The summed E-state index contributed by atoms with van der Waals surface area (Å²) in [6, 6.07) is 5.03. The van der Waals surface area contributed by atoms with Crippen molar-refractivity contribution in [3.05, 3.63) is 90.1 Å². The lowest BCUT2D eigenvalue weighted by Gasteiger charge is -2.27. The number of carbonyl (C=O) groups is 11. The molecule has 452 valence electrons. The van der Waals surface area contributed by atoms with Crippen molar-refractivity contribution in [3.63, 3.8) is 0 Å². The number of nitrogens with two attached hydrogens (primary N) is 3. The molecular formula is C56H81N15O11S. The van der Waals surface area contributed by atoms with Gasteiger partial charge in [0.25, 0.3) is 0 Å². The van der Waals surface area contributed by atoms with Gasteiger partial charge in [0, 0.05) is 54.0 Å². The Hall–Kier alpha value is -8.33. The van der Waals surface area contributed by atoms with Crippen molar-refractivity contribution in [2.45, 2.75) is 148 Å². The van der Waals surface area contributed by atoms with Crippen molar-refractivity contribution in [3.8, 4) is 0 Å². The second-order valence-electron chi connectivity index (χ2n) is 21.6. The third kappa shape index (κ3) is 22.2. The Morgan fingerprint density at radius 2 is 1.12 bits per heavy atom. The van der Waals surface area contributed by atoms with Crippen molar-refractivity contribution >= 4 is 88.5 Å². The number of fused-ring (bicyclic) bond motifs is 1. The highest BCUT2D eigenvalue weighted by Gasteiger charge is 2.35. The number of carbonyl (C=O) groups excluding carboxylic acids is 11. The Morgan fingerprint density at radius 1 is 0.566 bits per heavy atom. The maximum Gasteiger partial charge on any atom is 0.244 e. The molecule has 4 aromatic rings. The predicted molar refractivity (Wildman–Crippen MR) is 312 cm³/mol. The first kappa shape index (κ1) is 67.2. The van der Waals surface area contributed by atoms with Crippen LogP contribution in [0, 0.1) is 17.8 Å². The number of primary amides is 2. The maximum atomic E-state index is 14.2. The summed E-state index contributed by atoms with van der Waals surface area (Å²) in [5, 5.41) is 24.1. The highest BCUT2D eigenvalue weighted by atomic mass is 32.1. The number of rotatable bonds is 34. The normalized spacial score (nSPS) is 14.6. The number of H-pyrrole nitrogens is 2. The highest BCUT2D eigenvalue weighted by molar-refractivity contribution is 7.80. The monoisotopic (exact) mass is 1170 g/mol. The summed E-state index contributed by atoms with van der Waals surface area (Å²) >= 11 is 4.23. The SMILES string of the molecule is CC(C)C[C@H](NC(=O)[C@H](CS)NC(=O)[C@H](CC(C)C)NC(=O)[C@H](Cc1cnc[nH]1)NC(=O)CNC(=O)[C@@H](NC(=O)[C@H](C)NC(=O)[C@H](Cc1c[nH]c2ccccc12)NC(=O)[C@H](CCC(N)=O)NC(=O)[C@H](N)Cc1ccccc1)C(C)C)C(N)=O. The quantitative estimate of drug-likeness (QED) is 0.0242. The molecule has 17 N–H and O–H groups in total. The standard InChI is InChI=1S/C56H81N15O11S/c1-29(2)19-40(48(59)74)67-55(81)44(27-83)70-53(79)41(20-30(3)4)68-54(80)43(23-35-25-60-28-63-35)65-46(73)26-62-56(82)47(31(5)6)71-49(75)32(7)64-52(78)42(22-34-24-61-38-16-12-11-15-36(34)38)69-51(77)39(17-18-45(58)72)66-50(76)37(57)21-33-13-9-8-10-14-33/h8-16,24-25,28-32,37,39-44,47,61,83H,17-23,26-27,57H2,1-7H3,(H2,58,72)(H2,59,74)(H,60,63)(H,62,82)(H,64,78)(H,65,73)(H,66,76)(H,67,81)(H,68,80)(H,69,77)(H,70,79)(H,71,75)/t32-,37+,39-,40-,41-,42-,43-,44-,47-/m0/s1. The second-order valence-corrected chi connectivity index (χ2v) is 22.0. The fourth-order valence-electron chi connectivity index (χ4n) is 8.77. The van der Waals surface area contributed by atoms with Gasteiger partial charge in [0.15, 0.2) is 0 Å². The number of benzene rings is 2. The van der Waals surface area contributed by atoms with Crippen LogP contribution >= 0.6 is 12.6 Å². The van der Waals surface area contributed by atoms with Gasteiger partial charge in [-0.3, -0.25) is 52.7 Å². The van der Waals surface area contributed by atoms with E-state index >= 15 is 0 Å². The molecule has 2 heterocycles. The van der Waals surface area contributed by atoms with Crippen molar-refractivity contribution in [2.75, 3.05) is 12.3 Å². The molecule has 9 atom stereocenters. The second kappa shape index (κ2) is 32.9. The molecule has 0 fully saturated rings. The van der Waals surface area contributed by atoms with Crippen molar-refractivity contribution < 1.29 is 52.7 Å². The van der Waals surface area contributed by atoms with Gasteiger partial charge in [-0.15, -0.1) is 0 Å². The van der Waals surface area contributed by atoms with Crippen LogP contribution in [0.5, 0.6) is 0 Å². The van der Waals surface area contributed by atoms with Crippen LogP contribution in [0.2, 0.25) is 0 Å². The Balaban J connectivity index is 1.45. The number of nitrogens with zero attached hydrogens (tertiary/aromatic N) is 1. The van der Waals surface area contributed by atoms with E-state index in [0.717, 1.165) is 16.5 Å². The largest absolute Gasteiger partial charge is 0.370 e. The Labute approximate surface area is 487 Å². The molecule has 2 aromatic heterocycles. The van der Waals surface area contributed by atoms with Gasteiger partial charge in [-0.25, -0.2) is 4.98 Å². The van der Waals surface area contributed by atoms with E-state index in [4.69, 9.17) is 17.2 Å². The molecule has 11 amide bonds. The molecule has 0 saturated carbocycles. The van der Waals surface area contributed by atoms with Crippen LogP contribution in [0.3, 0.4) is 0 Å². The Kier molecular flexibility index (Phi) is 26.7. The topological polar surface area (TPSA) is 419 Å². The van der Waals surface area contributed by atoms with Crippen molar-refractivity contribution in [1.29, 1.82) is 0 Å². The van der Waals surface area contributed by atoms with E-state index in [1.165, 1.54) is 19.4 Å². The zero-order chi connectivity index (χ0) is 61.5.